The van der Waals surface area contributed by atoms with Crippen LogP contribution in [0, 0.1) is 0 Å². The Morgan fingerprint density at radius 3 is 1.11 bits per heavy atom. The average Bonchev–Trinajstić information content (AvgIpc) is 1.89. The van der Waals surface area contributed by atoms with Crippen molar-refractivity contribution in [3.8, 4) is 0 Å². The lowest BCUT2D eigenvalue weighted by Crippen LogP contribution is -1.33. The van der Waals surface area contributed by atoms with E-state index in [9.17, 15) is 0 Å². The average molecular weight is 228 g/mol. The van der Waals surface area contributed by atoms with Gasteiger partial charge in [-0.05, 0) is 0 Å². The van der Waals surface area contributed by atoms with E-state index in [4.69, 9.17) is 58.0 Å². The van der Waals surface area contributed by atoms with Crippen molar-refractivity contribution in [3.63, 3.8) is 0 Å². The number of hydrogen-bond acceptors (Lipinski definition) is 0. The first-order valence-electron chi connectivity index (χ1n) is 1.65. The predicted octanol–water partition coefficient (Wildman–Crippen LogP) is 4.44. The maximum absolute atomic E-state index is 4.96. The van der Waals surface area contributed by atoms with Crippen molar-refractivity contribution < 1.29 is 0 Å². The fourth-order valence-electron chi connectivity index (χ4n) is 0. The summed E-state index contributed by atoms with van der Waals surface area (Å²) in [6, 6.07) is 0. The van der Waals surface area contributed by atoms with E-state index in [-0.39, 0.29) is 4.49 Å². The molecule has 0 radical (unpaired) electrons. The maximum Gasteiger partial charge on any atom is 0.118 e. The van der Waals surface area contributed by atoms with Gasteiger partial charge in [0.15, 0.2) is 0 Å². The van der Waals surface area contributed by atoms with Crippen molar-refractivity contribution in [2.75, 3.05) is 0 Å². The Balaban J connectivity index is 0. The highest BCUT2D eigenvalue weighted by molar-refractivity contribution is 6.58. The lowest BCUT2D eigenvalue weighted by molar-refractivity contribution is 2.36. The zero-order valence-electron chi connectivity index (χ0n) is 4.12. The Bertz CT molecular complexity index is 87.1. The summed E-state index contributed by atoms with van der Waals surface area (Å²) >= 11 is 24.6. The molecule has 0 saturated heterocycles. The zero-order valence-corrected chi connectivity index (χ0v) is 7.90. The van der Waals surface area contributed by atoms with E-state index >= 15 is 0 Å². The van der Waals surface area contributed by atoms with Crippen molar-refractivity contribution in [1.82, 2.24) is 0 Å². The third kappa shape index (κ3) is 27.8. The second kappa shape index (κ2) is 11.7. The van der Waals surface area contributed by atoms with Crippen molar-refractivity contribution in [2.24, 2.45) is 0 Å². The molecule has 0 saturated carbocycles. The Labute approximate surface area is 79.0 Å². The molecule has 54 valence electrons. The lowest BCUT2D eigenvalue weighted by atomic mass is 11.2. The molecular formula is C4H3Cl5. The van der Waals surface area contributed by atoms with Crippen molar-refractivity contribution >= 4 is 58.0 Å². The van der Waals surface area contributed by atoms with Crippen LogP contribution >= 0.6 is 58.0 Å². The molecule has 0 aromatic heterocycles. The summed E-state index contributed by atoms with van der Waals surface area (Å²) in [7, 11) is 0. The SMILES string of the molecule is ClC=C(Cl)Cl.ClC=CCl. The van der Waals surface area contributed by atoms with Gasteiger partial charge in [0.1, 0.15) is 4.49 Å². The summed E-state index contributed by atoms with van der Waals surface area (Å²) < 4.78 is 0.0895. The monoisotopic (exact) mass is 226 g/mol. The van der Waals surface area contributed by atoms with Gasteiger partial charge in [0.25, 0.3) is 0 Å². The number of rotatable bonds is 0. The summed E-state index contributed by atoms with van der Waals surface area (Å²) in [6.07, 6.45) is 0. The van der Waals surface area contributed by atoms with Gasteiger partial charge in [0.05, 0.1) is 0 Å². The standard InChI is InChI=1S/C2HCl3.C2H2Cl2/c3-1-2(4)5;3-1-2-4/h1H;1-2H. The molecule has 0 rings (SSSR count). The Kier molecular flexibility index (Phi) is 16.4. The fraction of sp³-hybridized carbons (Fsp3) is 0. The van der Waals surface area contributed by atoms with Gasteiger partial charge < -0.3 is 0 Å². The van der Waals surface area contributed by atoms with E-state index in [0.717, 1.165) is 5.54 Å². The molecule has 0 aliphatic heterocycles. The Hall–Kier alpha value is 0.930. The zero-order chi connectivity index (χ0) is 7.70. The molecule has 0 spiro atoms. The predicted molar refractivity (Wildman–Crippen MR) is 46.5 cm³/mol. The highest BCUT2D eigenvalue weighted by atomic mass is 35.5. The van der Waals surface area contributed by atoms with E-state index in [1.807, 2.05) is 0 Å². The van der Waals surface area contributed by atoms with Gasteiger partial charge >= 0.3 is 0 Å². The molecule has 0 aliphatic carbocycles. The highest BCUT2D eigenvalue weighted by Crippen LogP contribution is 2.05. The van der Waals surface area contributed by atoms with Gasteiger partial charge in [-0.2, -0.15) is 0 Å². The molecule has 0 fully saturated rings. The molecule has 0 nitrogen and oxygen atoms in total. The molecule has 9 heavy (non-hydrogen) atoms. The normalized spacial score (nSPS) is 8.11. The third-order valence-corrected chi connectivity index (χ3v) is 1.17. The van der Waals surface area contributed by atoms with Crippen LogP contribution in [0.25, 0.3) is 0 Å². The minimum Gasteiger partial charge on any atom is -0.0920 e. The molecule has 0 aromatic carbocycles. The molecule has 0 aromatic rings. The van der Waals surface area contributed by atoms with Crippen LogP contribution < -0.4 is 0 Å². The molecule has 0 bridgehead atoms. The lowest BCUT2D eigenvalue weighted by Gasteiger charge is -1.64. The topological polar surface area (TPSA) is 0 Å². The molecule has 0 aliphatic rings. The largest absolute Gasteiger partial charge is 0.118 e. The Morgan fingerprint density at radius 1 is 0.889 bits per heavy atom. The second-order valence-corrected chi connectivity index (χ2v) is 2.38. The molecule has 5 heteroatoms. The maximum atomic E-state index is 4.96. The molecule has 0 unspecified atom stereocenters. The van der Waals surface area contributed by atoms with Gasteiger partial charge in [0, 0.05) is 16.6 Å². The molecule has 0 heterocycles. The van der Waals surface area contributed by atoms with Crippen LogP contribution in [0.5, 0.6) is 0 Å². The summed E-state index contributed by atoms with van der Waals surface area (Å²) in [5.41, 5.74) is 3.56. The van der Waals surface area contributed by atoms with Crippen molar-refractivity contribution in [1.29, 1.82) is 0 Å². The van der Waals surface area contributed by atoms with Crippen LogP contribution in [-0.2, 0) is 0 Å². The van der Waals surface area contributed by atoms with E-state index in [2.05, 4.69) is 0 Å². The van der Waals surface area contributed by atoms with Crippen molar-refractivity contribution in [3.05, 3.63) is 21.1 Å². The minimum atomic E-state index is 0.0895. The van der Waals surface area contributed by atoms with E-state index in [1.54, 1.807) is 0 Å². The van der Waals surface area contributed by atoms with Crippen LogP contribution in [0.3, 0.4) is 0 Å². The van der Waals surface area contributed by atoms with Crippen molar-refractivity contribution in [2.45, 2.75) is 0 Å². The summed E-state index contributed by atoms with van der Waals surface area (Å²) in [5, 5.41) is 0. The van der Waals surface area contributed by atoms with Crippen LogP contribution in [0.15, 0.2) is 21.1 Å². The first-order valence-corrected chi connectivity index (χ1v) is 3.72. The van der Waals surface area contributed by atoms with Gasteiger partial charge in [-0.15, -0.1) is 0 Å². The second-order valence-electron chi connectivity index (χ2n) is 0.651. The Morgan fingerprint density at radius 2 is 1.11 bits per heavy atom. The van der Waals surface area contributed by atoms with Gasteiger partial charge in [-0.25, -0.2) is 0 Å². The molecular weight excluding hydrogens is 225 g/mol. The molecule has 0 atom stereocenters. The van der Waals surface area contributed by atoms with Crippen LogP contribution in [0.1, 0.15) is 0 Å². The first-order chi connectivity index (χ1) is 4.18. The van der Waals surface area contributed by atoms with Gasteiger partial charge in [-0.3, -0.25) is 0 Å². The third-order valence-electron chi connectivity index (χ3n) is 0.130. The summed E-state index contributed by atoms with van der Waals surface area (Å²) in [4.78, 5) is 0. The first kappa shape index (κ1) is 12.6. The van der Waals surface area contributed by atoms with Gasteiger partial charge in [0.2, 0.25) is 0 Å². The molecule has 0 N–H and O–H groups in total. The van der Waals surface area contributed by atoms with E-state index < -0.39 is 0 Å². The van der Waals surface area contributed by atoms with Crippen LogP contribution in [0.2, 0.25) is 0 Å². The minimum absolute atomic E-state index is 0.0895. The van der Waals surface area contributed by atoms with Crippen LogP contribution in [-0.4, -0.2) is 0 Å². The van der Waals surface area contributed by atoms with E-state index in [0.29, 0.717) is 0 Å². The number of halogens is 5. The van der Waals surface area contributed by atoms with Gasteiger partial charge in [-0.1, -0.05) is 58.0 Å². The summed E-state index contributed by atoms with van der Waals surface area (Å²) in [6.45, 7) is 0. The summed E-state index contributed by atoms with van der Waals surface area (Å²) in [5.74, 6) is 0. The smallest absolute Gasteiger partial charge is 0.0920 e. The molecule has 0 amide bonds. The van der Waals surface area contributed by atoms with E-state index in [1.165, 1.54) is 11.1 Å². The quantitative estimate of drug-likeness (QED) is 0.575. The number of hydrogen-bond donors (Lipinski definition) is 0. The highest BCUT2D eigenvalue weighted by Gasteiger charge is 1.70. The van der Waals surface area contributed by atoms with Crippen LogP contribution in [0.4, 0.5) is 0 Å². The fourth-order valence-corrected chi connectivity index (χ4v) is 0.